The first-order valence-electron chi connectivity index (χ1n) is 9.52. The van der Waals surface area contributed by atoms with Crippen LogP contribution in [0, 0.1) is 6.92 Å². The summed E-state index contributed by atoms with van der Waals surface area (Å²) in [6, 6.07) is 13.5. The van der Waals surface area contributed by atoms with Gasteiger partial charge < -0.3 is 15.6 Å². The predicted molar refractivity (Wildman–Crippen MR) is 125 cm³/mol. The zero-order valence-corrected chi connectivity index (χ0v) is 19.0. The molecule has 30 heavy (non-hydrogen) atoms. The van der Waals surface area contributed by atoms with Crippen molar-refractivity contribution in [3.63, 3.8) is 0 Å². The third-order valence-electron chi connectivity index (χ3n) is 4.25. The molecule has 0 spiro atoms. The fraction of sp³-hybridized carbons (Fsp3) is 0.318. The maximum Gasteiger partial charge on any atom is 0.241 e. The Kier molecular flexibility index (Phi) is 10.7. The van der Waals surface area contributed by atoms with Gasteiger partial charge in [-0.1, -0.05) is 47.0 Å². The lowest BCUT2D eigenvalue weighted by Gasteiger charge is -2.26. The second-order valence-corrected chi connectivity index (χ2v) is 8.62. The summed E-state index contributed by atoms with van der Waals surface area (Å²) in [6.07, 6.45) is 4.28. The topological polar surface area (TPSA) is 84.6 Å². The third kappa shape index (κ3) is 9.51. The van der Waals surface area contributed by atoms with Gasteiger partial charge in [-0.2, -0.15) is 0 Å². The summed E-state index contributed by atoms with van der Waals surface area (Å²) in [5, 5.41) is 10.4. The highest BCUT2D eigenvalue weighted by molar-refractivity contribution is 7.97. The summed E-state index contributed by atoms with van der Waals surface area (Å²) in [5.74, 6) is -0.494. The van der Waals surface area contributed by atoms with E-state index in [1.54, 1.807) is 36.2 Å². The predicted octanol–water partition coefficient (Wildman–Crippen LogP) is 4.62. The van der Waals surface area contributed by atoms with Crippen molar-refractivity contribution in [2.24, 2.45) is 5.73 Å². The Bertz CT molecular complexity index is 847. The quantitative estimate of drug-likeness (QED) is 0.425. The van der Waals surface area contributed by atoms with Crippen molar-refractivity contribution in [3.05, 3.63) is 69.7 Å². The van der Waals surface area contributed by atoms with Crippen molar-refractivity contribution < 1.29 is 14.6 Å². The number of aliphatic hydroxyl groups is 1. The summed E-state index contributed by atoms with van der Waals surface area (Å²) in [6.45, 7) is 3.53. The Hall–Kier alpha value is -1.54. The zero-order chi connectivity index (χ0) is 21.9. The third-order valence-corrected chi connectivity index (χ3v) is 5.80. The number of carbonyl (C=O) groups is 1. The van der Waals surface area contributed by atoms with Crippen molar-refractivity contribution in [1.29, 1.82) is 0 Å². The van der Waals surface area contributed by atoms with Crippen LogP contribution in [-0.4, -0.2) is 36.4 Å². The van der Waals surface area contributed by atoms with E-state index >= 15 is 0 Å². The summed E-state index contributed by atoms with van der Waals surface area (Å²) in [4.78, 5) is 11.6. The highest BCUT2D eigenvalue weighted by Crippen LogP contribution is 2.23. The Morgan fingerprint density at radius 1 is 1.27 bits per heavy atom. The van der Waals surface area contributed by atoms with Crippen LogP contribution in [0.4, 0.5) is 0 Å². The normalized spacial score (nSPS) is 18.7. The first-order valence-corrected chi connectivity index (χ1v) is 11.1. The number of amides is 1. The molecule has 0 aromatic heterocycles. The van der Waals surface area contributed by atoms with Gasteiger partial charge in [-0.3, -0.25) is 9.52 Å². The van der Waals surface area contributed by atoms with E-state index in [-0.39, 0.29) is 12.2 Å². The maximum absolute atomic E-state index is 10.4. The second kappa shape index (κ2) is 13.0. The molecule has 2 aromatic carbocycles. The molecule has 5 nitrogen and oxygen atoms in total. The van der Waals surface area contributed by atoms with Crippen LogP contribution in [0.2, 0.25) is 10.0 Å². The van der Waals surface area contributed by atoms with Crippen molar-refractivity contribution in [2.75, 3.05) is 13.2 Å². The summed E-state index contributed by atoms with van der Waals surface area (Å²) in [5.41, 5.74) is 6.98. The standard InChI is InChI=1S/C13H19NO2S.C9H7Cl2NO/c1-10-2-4-13(5-3-10)17-14-9-12-8-11(15)6-7-16-12;10-7-3-1-6(5-8(7)11)2-4-9(12)13/h2-5,11-12,14-15H,6-9H2,1H3;1-5H,(H2,12,13)/b;4-2+. The molecule has 1 fully saturated rings. The molecule has 0 saturated carbocycles. The molecule has 8 heteroatoms. The van der Waals surface area contributed by atoms with Crippen LogP contribution in [0.1, 0.15) is 24.0 Å². The second-order valence-electron chi connectivity index (χ2n) is 6.84. The molecule has 0 aliphatic carbocycles. The number of carbonyl (C=O) groups excluding carboxylic acids is 1. The number of halogens is 2. The average molecular weight is 469 g/mol. The number of rotatable bonds is 6. The highest BCUT2D eigenvalue weighted by Gasteiger charge is 2.20. The molecule has 1 amide bonds. The van der Waals surface area contributed by atoms with Gasteiger partial charge in [-0.15, -0.1) is 0 Å². The van der Waals surface area contributed by atoms with E-state index in [1.165, 1.54) is 16.5 Å². The molecule has 1 saturated heterocycles. The number of nitrogens with one attached hydrogen (secondary N) is 1. The minimum atomic E-state index is -0.494. The maximum atomic E-state index is 10.4. The van der Waals surface area contributed by atoms with Gasteiger partial charge in [-0.05, 0) is 61.2 Å². The number of aliphatic hydroxyl groups excluding tert-OH is 1. The van der Waals surface area contributed by atoms with Gasteiger partial charge in [0.1, 0.15) is 0 Å². The largest absolute Gasteiger partial charge is 0.393 e. The monoisotopic (exact) mass is 468 g/mol. The summed E-state index contributed by atoms with van der Waals surface area (Å²) >= 11 is 13.1. The molecule has 162 valence electrons. The molecule has 1 heterocycles. The Balaban J connectivity index is 0.000000222. The van der Waals surface area contributed by atoms with Crippen molar-refractivity contribution in [3.8, 4) is 0 Å². The molecule has 4 N–H and O–H groups in total. The van der Waals surface area contributed by atoms with Crippen LogP contribution in [0.3, 0.4) is 0 Å². The highest BCUT2D eigenvalue weighted by atomic mass is 35.5. The molecule has 2 unspecified atom stereocenters. The van der Waals surface area contributed by atoms with Crippen molar-refractivity contribution in [2.45, 2.75) is 36.9 Å². The van der Waals surface area contributed by atoms with Crippen LogP contribution in [0.5, 0.6) is 0 Å². The van der Waals surface area contributed by atoms with Gasteiger partial charge >= 0.3 is 0 Å². The Morgan fingerprint density at radius 2 is 2.00 bits per heavy atom. The Labute approximate surface area is 191 Å². The van der Waals surface area contributed by atoms with E-state index in [4.69, 9.17) is 33.7 Å². The number of hydrogen-bond acceptors (Lipinski definition) is 5. The molecule has 2 atom stereocenters. The number of ether oxygens (including phenoxy) is 1. The van der Waals surface area contributed by atoms with Crippen LogP contribution in [-0.2, 0) is 9.53 Å². The van der Waals surface area contributed by atoms with Crippen LogP contribution >= 0.6 is 35.1 Å². The molecular formula is C22H26Cl2N2O3S. The van der Waals surface area contributed by atoms with Gasteiger partial charge in [-0.25, -0.2) is 0 Å². The summed E-state index contributed by atoms with van der Waals surface area (Å²) < 4.78 is 8.86. The number of nitrogens with two attached hydrogens (primary N) is 1. The number of aryl methyl sites for hydroxylation is 1. The van der Waals surface area contributed by atoms with Gasteiger partial charge in [0, 0.05) is 30.5 Å². The van der Waals surface area contributed by atoms with E-state index in [0.29, 0.717) is 16.7 Å². The molecule has 1 aliphatic rings. The zero-order valence-electron chi connectivity index (χ0n) is 16.7. The number of primary amides is 1. The SMILES string of the molecule is Cc1ccc(SNCC2CC(O)CCO2)cc1.NC(=O)/C=C/c1ccc(Cl)c(Cl)c1. The van der Waals surface area contributed by atoms with E-state index < -0.39 is 5.91 Å². The number of hydrogen-bond donors (Lipinski definition) is 3. The minimum absolute atomic E-state index is 0.136. The Morgan fingerprint density at radius 3 is 2.63 bits per heavy atom. The van der Waals surface area contributed by atoms with E-state index in [0.717, 1.165) is 24.9 Å². The van der Waals surface area contributed by atoms with E-state index in [2.05, 4.69) is 35.9 Å². The van der Waals surface area contributed by atoms with Gasteiger partial charge in [0.25, 0.3) is 0 Å². The summed E-state index contributed by atoms with van der Waals surface area (Å²) in [7, 11) is 0. The lowest BCUT2D eigenvalue weighted by Crippen LogP contribution is -2.34. The van der Waals surface area contributed by atoms with Gasteiger partial charge in [0.15, 0.2) is 0 Å². The average Bonchev–Trinajstić information content (AvgIpc) is 2.71. The molecule has 0 bridgehead atoms. The fourth-order valence-corrected chi connectivity index (χ4v) is 3.64. The number of benzene rings is 2. The minimum Gasteiger partial charge on any atom is -0.393 e. The molecule has 0 radical (unpaired) electrons. The fourth-order valence-electron chi connectivity index (χ4n) is 2.62. The smallest absolute Gasteiger partial charge is 0.241 e. The molecular weight excluding hydrogens is 443 g/mol. The molecule has 3 rings (SSSR count). The molecule has 1 aliphatic heterocycles. The molecule has 2 aromatic rings. The van der Waals surface area contributed by atoms with Crippen molar-refractivity contribution >= 4 is 47.1 Å². The van der Waals surface area contributed by atoms with Gasteiger partial charge in [0.2, 0.25) is 5.91 Å². The first-order chi connectivity index (χ1) is 14.3. The van der Waals surface area contributed by atoms with Crippen LogP contribution in [0.15, 0.2) is 53.4 Å². The van der Waals surface area contributed by atoms with Crippen LogP contribution < -0.4 is 10.5 Å². The lowest BCUT2D eigenvalue weighted by molar-refractivity contribution is -0.113. The van der Waals surface area contributed by atoms with Crippen LogP contribution in [0.25, 0.3) is 6.08 Å². The first kappa shape index (κ1) is 24.7. The van der Waals surface area contributed by atoms with E-state index in [9.17, 15) is 9.90 Å². The lowest BCUT2D eigenvalue weighted by atomic mass is 10.1. The van der Waals surface area contributed by atoms with Crippen molar-refractivity contribution in [1.82, 2.24) is 4.72 Å². The van der Waals surface area contributed by atoms with E-state index in [1.807, 2.05) is 0 Å². The van der Waals surface area contributed by atoms with Gasteiger partial charge in [0.05, 0.1) is 22.3 Å².